The smallest absolute Gasteiger partial charge is 0.305 e. The maximum Gasteiger partial charge on any atom is 0.305 e. The first kappa shape index (κ1) is 21.7. The van der Waals surface area contributed by atoms with Crippen molar-refractivity contribution in [2.24, 2.45) is 52.3 Å². The van der Waals surface area contributed by atoms with Crippen LogP contribution in [0.2, 0.25) is 0 Å². The third-order valence-electron chi connectivity index (χ3n) is 10.8. The highest BCUT2D eigenvalue weighted by Gasteiger charge is 2.63. The first-order chi connectivity index (χ1) is 13.7. The Hall–Kier alpha value is -0.570. The summed E-state index contributed by atoms with van der Waals surface area (Å²) in [4.78, 5) is 11.7. The number of hydrogen-bond acceptors (Lipinski definition) is 3. The van der Waals surface area contributed by atoms with E-state index in [9.17, 15) is 9.90 Å². The Morgan fingerprint density at radius 1 is 1.10 bits per heavy atom. The highest BCUT2D eigenvalue weighted by Crippen LogP contribution is 2.68. The van der Waals surface area contributed by atoms with Gasteiger partial charge in [0.2, 0.25) is 0 Å². The van der Waals surface area contributed by atoms with Crippen molar-refractivity contribution in [3.63, 3.8) is 0 Å². The van der Waals surface area contributed by atoms with Crippen LogP contribution in [0.15, 0.2) is 0 Å². The summed E-state index contributed by atoms with van der Waals surface area (Å²) in [5.74, 6) is 4.84. The summed E-state index contributed by atoms with van der Waals surface area (Å²) in [5.41, 5.74) is 0.480. The van der Waals surface area contributed by atoms with E-state index in [2.05, 4.69) is 27.7 Å². The number of carbonyl (C=O) groups excluding carboxylic acids is 1. The van der Waals surface area contributed by atoms with Gasteiger partial charge in [-0.15, -0.1) is 0 Å². The number of aliphatic hydroxyl groups is 1. The second-order valence-corrected chi connectivity index (χ2v) is 11.9. The number of esters is 1. The zero-order valence-electron chi connectivity index (χ0n) is 19.5. The fraction of sp³-hybridized carbons (Fsp3) is 0.962. The van der Waals surface area contributed by atoms with Crippen LogP contribution in [-0.4, -0.2) is 24.3 Å². The normalized spacial score (nSPS) is 50.2. The number of hydrogen-bond donors (Lipinski definition) is 1. The van der Waals surface area contributed by atoms with Gasteiger partial charge >= 0.3 is 5.97 Å². The predicted octanol–water partition coefficient (Wildman–Crippen LogP) is 5.84. The molecule has 29 heavy (non-hydrogen) atoms. The standard InChI is InChI=1S/C26H44O3/c1-16-12-13-25(3)18(14-16)7-8-19-21-10-9-20(17(2)6-11-24(28)29-5)26(21,4)23(27)15-22(19)25/h16-23,27H,6-15H2,1-5H3/t16-,17-,18-,19?,20?,21?,22?,23+,25+,26-/m1/s1. The molecule has 0 aromatic heterocycles. The van der Waals surface area contributed by atoms with Gasteiger partial charge in [-0.25, -0.2) is 0 Å². The number of methoxy groups -OCH3 is 1. The zero-order valence-corrected chi connectivity index (χ0v) is 19.5. The Kier molecular flexibility index (Phi) is 5.86. The minimum absolute atomic E-state index is 0.0296. The van der Waals surface area contributed by atoms with E-state index in [4.69, 9.17) is 4.74 Å². The van der Waals surface area contributed by atoms with Crippen molar-refractivity contribution in [3.8, 4) is 0 Å². The highest BCUT2D eigenvalue weighted by atomic mass is 16.5. The fourth-order valence-corrected chi connectivity index (χ4v) is 9.05. The quantitative estimate of drug-likeness (QED) is 0.599. The molecule has 0 aromatic rings. The van der Waals surface area contributed by atoms with Crippen molar-refractivity contribution < 1.29 is 14.6 Å². The summed E-state index contributed by atoms with van der Waals surface area (Å²) in [7, 11) is 1.48. The van der Waals surface area contributed by atoms with Gasteiger partial charge < -0.3 is 9.84 Å². The minimum atomic E-state index is -0.184. The van der Waals surface area contributed by atoms with E-state index in [1.807, 2.05) is 0 Å². The second-order valence-electron chi connectivity index (χ2n) is 11.9. The molecule has 1 N–H and O–H groups in total. The molecule has 4 unspecified atom stereocenters. The Labute approximate surface area is 178 Å². The lowest BCUT2D eigenvalue weighted by atomic mass is 9.43. The van der Waals surface area contributed by atoms with Gasteiger partial charge in [0.1, 0.15) is 0 Å². The second kappa shape index (κ2) is 7.84. The molecular weight excluding hydrogens is 360 g/mol. The maximum absolute atomic E-state index is 11.7. The summed E-state index contributed by atoms with van der Waals surface area (Å²) in [6, 6.07) is 0. The van der Waals surface area contributed by atoms with Crippen LogP contribution >= 0.6 is 0 Å². The summed E-state index contributed by atoms with van der Waals surface area (Å²) < 4.78 is 4.87. The van der Waals surface area contributed by atoms with Gasteiger partial charge in [0.15, 0.2) is 0 Å². The van der Waals surface area contributed by atoms with Crippen LogP contribution in [0.5, 0.6) is 0 Å². The SMILES string of the molecule is COC(=O)CC[C@@H](C)C1CCC2C3CC[C@@H]4C[C@H](C)CC[C@]4(C)C3C[C@H](O)[C@@]21C. The van der Waals surface area contributed by atoms with Crippen molar-refractivity contribution in [2.75, 3.05) is 7.11 Å². The lowest BCUT2D eigenvalue weighted by Gasteiger charge is -2.62. The zero-order chi connectivity index (χ0) is 21.0. The molecule has 0 aliphatic heterocycles. The molecule has 4 fully saturated rings. The van der Waals surface area contributed by atoms with Crippen molar-refractivity contribution in [1.29, 1.82) is 0 Å². The molecule has 4 aliphatic rings. The third kappa shape index (κ3) is 3.38. The number of carbonyl (C=O) groups is 1. The molecule has 3 heteroatoms. The van der Waals surface area contributed by atoms with E-state index in [1.165, 1.54) is 52.1 Å². The molecule has 0 spiro atoms. The molecule has 0 radical (unpaired) electrons. The summed E-state index contributed by atoms with van der Waals surface area (Å²) >= 11 is 0. The van der Waals surface area contributed by atoms with Gasteiger partial charge in [-0.3, -0.25) is 4.79 Å². The number of rotatable bonds is 4. The molecule has 4 aliphatic carbocycles. The van der Waals surface area contributed by atoms with Gasteiger partial charge in [0, 0.05) is 6.42 Å². The van der Waals surface area contributed by atoms with Crippen LogP contribution in [-0.2, 0) is 9.53 Å². The number of ether oxygens (including phenoxy) is 1. The Balaban J connectivity index is 1.53. The fourth-order valence-electron chi connectivity index (χ4n) is 9.05. The Morgan fingerprint density at radius 2 is 1.86 bits per heavy atom. The summed E-state index contributed by atoms with van der Waals surface area (Å²) in [6.07, 6.45) is 11.7. The van der Waals surface area contributed by atoms with Crippen LogP contribution < -0.4 is 0 Å². The van der Waals surface area contributed by atoms with E-state index in [1.54, 1.807) is 0 Å². The average Bonchev–Trinajstić information content (AvgIpc) is 3.06. The van der Waals surface area contributed by atoms with E-state index in [0.717, 1.165) is 30.6 Å². The van der Waals surface area contributed by atoms with Crippen molar-refractivity contribution >= 4 is 5.97 Å². The van der Waals surface area contributed by atoms with E-state index in [0.29, 0.717) is 35.5 Å². The largest absolute Gasteiger partial charge is 0.469 e. The van der Waals surface area contributed by atoms with Gasteiger partial charge in [-0.1, -0.05) is 34.1 Å². The molecule has 0 amide bonds. The molecule has 3 nitrogen and oxygen atoms in total. The average molecular weight is 405 g/mol. The summed E-state index contributed by atoms with van der Waals surface area (Å²) in [5, 5.41) is 11.6. The predicted molar refractivity (Wildman–Crippen MR) is 116 cm³/mol. The first-order valence-corrected chi connectivity index (χ1v) is 12.5. The van der Waals surface area contributed by atoms with Crippen LogP contribution in [0, 0.1) is 52.3 Å². The van der Waals surface area contributed by atoms with E-state index in [-0.39, 0.29) is 17.5 Å². The van der Waals surface area contributed by atoms with Crippen molar-refractivity contribution in [2.45, 2.75) is 98.0 Å². The van der Waals surface area contributed by atoms with Crippen LogP contribution in [0.1, 0.15) is 91.9 Å². The topological polar surface area (TPSA) is 46.5 Å². The Bertz CT molecular complexity index is 617. The van der Waals surface area contributed by atoms with Crippen molar-refractivity contribution in [1.82, 2.24) is 0 Å². The van der Waals surface area contributed by atoms with Crippen molar-refractivity contribution in [3.05, 3.63) is 0 Å². The van der Waals surface area contributed by atoms with E-state index >= 15 is 0 Å². The Morgan fingerprint density at radius 3 is 2.59 bits per heavy atom. The molecule has 0 aromatic carbocycles. The molecule has 166 valence electrons. The monoisotopic (exact) mass is 404 g/mol. The molecular formula is C26H44O3. The lowest BCUT2D eigenvalue weighted by molar-refractivity contribution is -0.171. The van der Waals surface area contributed by atoms with Gasteiger partial charge in [0.25, 0.3) is 0 Å². The molecule has 0 saturated heterocycles. The van der Waals surface area contributed by atoms with Gasteiger partial charge in [-0.2, -0.15) is 0 Å². The molecule has 0 bridgehead atoms. The maximum atomic E-state index is 11.7. The molecule has 0 heterocycles. The molecule has 10 atom stereocenters. The number of fused-ring (bicyclic) bond motifs is 5. The highest BCUT2D eigenvalue weighted by molar-refractivity contribution is 5.69. The van der Waals surface area contributed by atoms with Crippen LogP contribution in [0.25, 0.3) is 0 Å². The summed E-state index contributed by atoms with van der Waals surface area (Å²) in [6.45, 7) is 9.74. The van der Waals surface area contributed by atoms with Crippen LogP contribution in [0.4, 0.5) is 0 Å². The number of aliphatic hydroxyl groups excluding tert-OH is 1. The van der Waals surface area contributed by atoms with Gasteiger partial charge in [-0.05, 0) is 104 Å². The lowest BCUT2D eigenvalue weighted by Crippen LogP contribution is -2.58. The van der Waals surface area contributed by atoms with Crippen LogP contribution in [0.3, 0.4) is 0 Å². The molecule has 4 saturated carbocycles. The van der Waals surface area contributed by atoms with E-state index < -0.39 is 0 Å². The molecule has 4 rings (SSSR count). The third-order valence-corrected chi connectivity index (χ3v) is 10.8. The first-order valence-electron chi connectivity index (χ1n) is 12.5. The van der Waals surface area contributed by atoms with Gasteiger partial charge in [0.05, 0.1) is 13.2 Å². The minimum Gasteiger partial charge on any atom is -0.469 e.